The van der Waals surface area contributed by atoms with Crippen molar-refractivity contribution in [3.8, 4) is 11.5 Å². The molecular weight excluding hydrogens is 478 g/mol. The maximum atomic E-state index is 11.8. The third-order valence-corrected chi connectivity index (χ3v) is 7.13. The van der Waals surface area contributed by atoms with E-state index in [2.05, 4.69) is 48.2 Å². The zero-order chi connectivity index (χ0) is 26.7. The number of aliphatic hydroxyl groups excluding tert-OH is 1. The van der Waals surface area contributed by atoms with Crippen molar-refractivity contribution in [3.63, 3.8) is 0 Å². The molecule has 0 fully saturated rings. The minimum atomic E-state index is -0.636. The van der Waals surface area contributed by atoms with Crippen LogP contribution in [0.25, 0.3) is 0 Å². The van der Waals surface area contributed by atoms with Crippen LogP contribution in [0.1, 0.15) is 49.4 Å². The third-order valence-electron chi connectivity index (χ3n) is 7.13. The minimum absolute atomic E-state index is 0.0964. The van der Waals surface area contributed by atoms with E-state index in [1.807, 2.05) is 42.5 Å². The van der Waals surface area contributed by atoms with Gasteiger partial charge in [0, 0.05) is 18.6 Å². The average Bonchev–Trinajstić information content (AvgIpc) is 3.16. The highest BCUT2D eigenvalue weighted by atomic mass is 16.6. The highest BCUT2D eigenvalue weighted by Gasteiger charge is 2.29. The fourth-order valence-electron chi connectivity index (χ4n) is 5.19. The Morgan fingerprint density at radius 2 is 1.71 bits per heavy atom. The van der Waals surface area contributed by atoms with E-state index in [1.54, 1.807) is 6.92 Å². The van der Waals surface area contributed by atoms with Gasteiger partial charge >= 0.3 is 5.97 Å². The SMILES string of the molecule is CCOC(=O)COc1ccc2c(c1)C[C@H](N(C[C@H](O)COc1ccccc1)[C@H](C)c1ccccc1)CCC2. The van der Waals surface area contributed by atoms with Crippen LogP contribution in [-0.2, 0) is 22.4 Å². The summed E-state index contributed by atoms with van der Waals surface area (Å²) in [6.45, 7) is 4.98. The molecule has 6 heteroatoms. The molecule has 1 aliphatic carbocycles. The van der Waals surface area contributed by atoms with E-state index < -0.39 is 6.10 Å². The first-order valence-electron chi connectivity index (χ1n) is 13.6. The zero-order valence-electron chi connectivity index (χ0n) is 22.4. The predicted molar refractivity (Wildman–Crippen MR) is 149 cm³/mol. The number of para-hydroxylation sites is 1. The number of fused-ring (bicyclic) bond motifs is 1. The second-order valence-corrected chi connectivity index (χ2v) is 9.84. The van der Waals surface area contributed by atoms with E-state index in [9.17, 15) is 9.90 Å². The molecular formula is C32H39NO5. The molecule has 0 aromatic heterocycles. The number of nitrogens with zero attached hydrogens (tertiary/aromatic N) is 1. The third kappa shape index (κ3) is 7.83. The van der Waals surface area contributed by atoms with E-state index in [0.717, 1.165) is 31.4 Å². The summed E-state index contributed by atoms with van der Waals surface area (Å²) in [6.07, 6.45) is 3.29. The van der Waals surface area contributed by atoms with Crippen LogP contribution in [-0.4, -0.2) is 54.5 Å². The van der Waals surface area contributed by atoms with E-state index >= 15 is 0 Å². The summed E-state index contributed by atoms with van der Waals surface area (Å²) >= 11 is 0. The van der Waals surface area contributed by atoms with E-state index in [1.165, 1.54) is 16.7 Å². The Bertz CT molecular complexity index is 1140. The molecule has 1 N–H and O–H groups in total. The lowest BCUT2D eigenvalue weighted by Crippen LogP contribution is -2.44. The number of ether oxygens (including phenoxy) is 3. The van der Waals surface area contributed by atoms with Crippen LogP contribution in [0.5, 0.6) is 11.5 Å². The molecule has 38 heavy (non-hydrogen) atoms. The fourth-order valence-corrected chi connectivity index (χ4v) is 5.19. The van der Waals surface area contributed by atoms with Gasteiger partial charge < -0.3 is 19.3 Å². The maximum absolute atomic E-state index is 11.8. The van der Waals surface area contributed by atoms with E-state index in [4.69, 9.17) is 14.2 Å². The van der Waals surface area contributed by atoms with Crippen LogP contribution in [0.4, 0.5) is 0 Å². The molecule has 0 aliphatic heterocycles. The summed E-state index contributed by atoms with van der Waals surface area (Å²) in [7, 11) is 0. The molecule has 1 aliphatic rings. The first-order chi connectivity index (χ1) is 18.5. The largest absolute Gasteiger partial charge is 0.491 e. The molecule has 3 atom stereocenters. The topological polar surface area (TPSA) is 68.2 Å². The Hall–Kier alpha value is -3.35. The molecule has 3 aromatic rings. The number of benzene rings is 3. The van der Waals surface area contributed by atoms with Crippen molar-refractivity contribution < 1.29 is 24.1 Å². The molecule has 0 amide bonds. The monoisotopic (exact) mass is 517 g/mol. The predicted octanol–water partition coefficient (Wildman–Crippen LogP) is 5.38. The Morgan fingerprint density at radius 1 is 0.974 bits per heavy atom. The van der Waals surface area contributed by atoms with Crippen molar-refractivity contribution >= 4 is 5.97 Å². The number of esters is 1. The smallest absolute Gasteiger partial charge is 0.344 e. The van der Waals surface area contributed by atoms with Crippen LogP contribution >= 0.6 is 0 Å². The summed E-state index contributed by atoms with van der Waals surface area (Å²) in [6, 6.07) is 26.5. The lowest BCUT2D eigenvalue weighted by atomic mass is 9.97. The quantitative estimate of drug-likeness (QED) is 0.257. The molecule has 0 bridgehead atoms. The van der Waals surface area contributed by atoms with Gasteiger partial charge in [-0.15, -0.1) is 0 Å². The minimum Gasteiger partial charge on any atom is -0.491 e. The first kappa shape index (κ1) is 27.7. The van der Waals surface area contributed by atoms with Gasteiger partial charge in [-0.05, 0) is 80.5 Å². The van der Waals surface area contributed by atoms with Gasteiger partial charge in [0.2, 0.25) is 0 Å². The van der Waals surface area contributed by atoms with Crippen LogP contribution in [0, 0.1) is 0 Å². The van der Waals surface area contributed by atoms with Crippen LogP contribution in [0.3, 0.4) is 0 Å². The van der Waals surface area contributed by atoms with Crippen molar-refractivity contribution in [1.82, 2.24) is 4.90 Å². The molecule has 0 saturated heterocycles. The highest BCUT2D eigenvalue weighted by Crippen LogP contribution is 2.32. The van der Waals surface area contributed by atoms with Crippen molar-refractivity contribution in [2.75, 3.05) is 26.4 Å². The molecule has 3 aromatic carbocycles. The van der Waals surface area contributed by atoms with Gasteiger partial charge in [-0.25, -0.2) is 4.79 Å². The van der Waals surface area contributed by atoms with Gasteiger partial charge in [-0.1, -0.05) is 54.6 Å². The van der Waals surface area contributed by atoms with E-state index in [-0.39, 0.29) is 31.3 Å². The number of hydrogen-bond acceptors (Lipinski definition) is 6. The van der Waals surface area contributed by atoms with Gasteiger partial charge in [0.05, 0.1) is 6.61 Å². The second kappa shape index (κ2) is 14.0. The Kier molecular flexibility index (Phi) is 10.2. The summed E-state index contributed by atoms with van der Waals surface area (Å²) in [4.78, 5) is 14.2. The molecule has 0 unspecified atom stereocenters. The fraction of sp³-hybridized carbons (Fsp3) is 0.406. The number of aryl methyl sites for hydroxylation is 1. The van der Waals surface area contributed by atoms with Gasteiger partial charge in [0.15, 0.2) is 6.61 Å². The Labute approximate surface area is 226 Å². The van der Waals surface area contributed by atoms with E-state index in [0.29, 0.717) is 18.9 Å². The highest BCUT2D eigenvalue weighted by molar-refractivity contribution is 5.71. The Morgan fingerprint density at radius 3 is 2.45 bits per heavy atom. The van der Waals surface area contributed by atoms with Crippen molar-refractivity contribution in [2.45, 2.75) is 57.7 Å². The first-order valence-corrected chi connectivity index (χ1v) is 13.6. The number of carbonyl (C=O) groups is 1. The lowest BCUT2D eigenvalue weighted by molar-refractivity contribution is -0.145. The van der Waals surface area contributed by atoms with Gasteiger partial charge in [-0.3, -0.25) is 4.90 Å². The normalized spacial score (nSPS) is 16.7. The zero-order valence-corrected chi connectivity index (χ0v) is 22.4. The summed E-state index contributed by atoms with van der Waals surface area (Å²) in [5.74, 6) is 1.07. The van der Waals surface area contributed by atoms with Gasteiger partial charge in [0.1, 0.15) is 24.2 Å². The molecule has 202 valence electrons. The number of aliphatic hydroxyl groups is 1. The maximum Gasteiger partial charge on any atom is 0.344 e. The summed E-state index contributed by atoms with van der Waals surface area (Å²) in [5.41, 5.74) is 3.77. The number of rotatable bonds is 12. The molecule has 0 radical (unpaired) electrons. The number of hydrogen-bond donors (Lipinski definition) is 1. The van der Waals surface area contributed by atoms with Crippen LogP contribution in [0.15, 0.2) is 78.9 Å². The van der Waals surface area contributed by atoms with Gasteiger partial charge in [0.25, 0.3) is 0 Å². The van der Waals surface area contributed by atoms with Crippen LogP contribution < -0.4 is 9.47 Å². The Balaban J connectivity index is 1.50. The molecule has 4 rings (SSSR count). The molecule has 0 heterocycles. The molecule has 6 nitrogen and oxygen atoms in total. The lowest BCUT2D eigenvalue weighted by Gasteiger charge is -2.38. The van der Waals surface area contributed by atoms with Crippen molar-refractivity contribution in [3.05, 3.63) is 95.6 Å². The molecule has 0 saturated carbocycles. The second-order valence-electron chi connectivity index (χ2n) is 9.84. The number of carbonyl (C=O) groups excluding carboxylic acids is 1. The van der Waals surface area contributed by atoms with Crippen molar-refractivity contribution in [1.29, 1.82) is 0 Å². The summed E-state index contributed by atoms with van der Waals surface area (Å²) < 4.78 is 16.6. The standard InChI is InChI=1S/C32H39NO5/c1-3-36-32(35)23-38-31-18-17-26-13-10-14-28(19-27(26)20-31)33(24(2)25-11-6-4-7-12-25)21-29(34)22-37-30-15-8-5-9-16-30/h4-9,11-12,15-18,20,24,28-29,34H,3,10,13-14,19,21-23H2,1-2H3/t24-,28-,29+/m1/s1. The van der Waals surface area contributed by atoms with Crippen LogP contribution in [0.2, 0.25) is 0 Å². The molecule has 0 spiro atoms. The summed E-state index contributed by atoms with van der Waals surface area (Å²) in [5, 5.41) is 11.1. The van der Waals surface area contributed by atoms with Gasteiger partial charge in [-0.2, -0.15) is 0 Å². The average molecular weight is 518 g/mol. The van der Waals surface area contributed by atoms with Crippen molar-refractivity contribution in [2.24, 2.45) is 0 Å².